The molecule has 0 aliphatic rings. The van der Waals surface area contributed by atoms with Crippen LogP contribution in [0.4, 0.5) is 13.2 Å². The standard InChI is InChI=1S/C19H20F3NO2/c1-18(2,15-9-6-10-16(13-15)19(20,21)22)23-11-12-25-17(24)14-7-4-3-5-8-14/h3-10,13,23H,11-12H2,1-2H3. The van der Waals surface area contributed by atoms with Gasteiger partial charge in [0.1, 0.15) is 6.61 Å². The average Bonchev–Trinajstić information content (AvgIpc) is 2.59. The number of carbonyl (C=O) groups is 1. The Labute approximate surface area is 144 Å². The largest absolute Gasteiger partial charge is 0.461 e. The predicted octanol–water partition coefficient (Wildman–Crippen LogP) is 4.39. The number of benzene rings is 2. The van der Waals surface area contributed by atoms with Crippen LogP contribution in [0.15, 0.2) is 54.6 Å². The summed E-state index contributed by atoms with van der Waals surface area (Å²) in [5, 5.41) is 3.12. The molecule has 6 heteroatoms. The minimum absolute atomic E-state index is 0.121. The van der Waals surface area contributed by atoms with E-state index in [9.17, 15) is 18.0 Å². The Kier molecular flexibility index (Phi) is 5.85. The van der Waals surface area contributed by atoms with Gasteiger partial charge in [-0.2, -0.15) is 13.2 Å². The number of hydrogen-bond acceptors (Lipinski definition) is 3. The zero-order valence-corrected chi connectivity index (χ0v) is 14.1. The third-order valence-electron chi connectivity index (χ3n) is 3.82. The van der Waals surface area contributed by atoms with Crippen LogP contribution < -0.4 is 5.32 Å². The number of alkyl halides is 3. The molecule has 0 saturated carbocycles. The smallest absolute Gasteiger partial charge is 0.416 e. The predicted molar refractivity (Wildman–Crippen MR) is 89.2 cm³/mol. The molecule has 2 rings (SSSR count). The van der Waals surface area contributed by atoms with Gasteiger partial charge in [-0.3, -0.25) is 0 Å². The average molecular weight is 351 g/mol. The van der Waals surface area contributed by atoms with Crippen LogP contribution in [0.2, 0.25) is 0 Å². The van der Waals surface area contributed by atoms with E-state index < -0.39 is 23.2 Å². The zero-order valence-electron chi connectivity index (χ0n) is 14.1. The molecule has 25 heavy (non-hydrogen) atoms. The molecule has 1 N–H and O–H groups in total. The first kappa shape index (κ1) is 19.0. The van der Waals surface area contributed by atoms with Crippen LogP contribution >= 0.6 is 0 Å². The molecule has 0 heterocycles. The zero-order chi connectivity index (χ0) is 18.5. The normalized spacial score (nSPS) is 12.0. The molecule has 2 aromatic carbocycles. The number of carbonyl (C=O) groups excluding carboxylic acids is 1. The molecule has 0 bridgehead atoms. The molecule has 0 saturated heterocycles. The SMILES string of the molecule is CC(C)(NCCOC(=O)c1ccccc1)c1cccc(C(F)(F)F)c1. The van der Waals surface area contributed by atoms with Crippen molar-refractivity contribution in [1.29, 1.82) is 0 Å². The number of ether oxygens (including phenoxy) is 1. The summed E-state index contributed by atoms with van der Waals surface area (Å²) in [5.41, 5.74) is -0.410. The Morgan fingerprint density at radius 1 is 1.00 bits per heavy atom. The Bertz CT molecular complexity index is 712. The summed E-state index contributed by atoms with van der Waals surface area (Å²) >= 11 is 0. The molecule has 0 amide bonds. The van der Waals surface area contributed by atoms with Crippen LogP contribution in [-0.2, 0) is 16.5 Å². The van der Waals surface area contributed by atoms with Crippen LogP contribution in [0.3, 0.4) is 0 Å². The number of hydrogen-bond donors (Lipinski definition) is 1. The van der Waals surface area contributed by atoms with Crippen molar-refractivity contribution in [2.24, 2.45) is 0 Å². The summed E-state index contributed by atoms with van der Waals surface area (Å²) in [5.74, 6) is -0.431. The molecule has 0 radical (unpaired) electrons. The van der Waals surface area contributed by atoms with Crippen molar-refractivity contribution in [3.8, 4) is 0 Å². The van der Waals surface area contributed by atoms with E-state index in [1.54, 1.807) is 50.2 Å². The summed E-state index contributed by atoms with van der Waals surface area (Å²) in [6.45, 7) is 4.00. The molecule has 2 aromatic rings. The summed E-state index contributed by atoms with van der Waals surface area (Å²) in [6, 6.07) is 13.8. The minimum atomic E-state index is -4.38. The fraction of sp³-hybridized carbons (Fsp3) is 0.316. The van der Waals surface area contributed by atoms with Gasteiger partial charge in [0.15, 0.2) is 0 Å². The number of rotatable bonds is 6. The molecular weight excluding hydrogens is 331 g/mol. The first-order valence-electron chi connectivity index (χ1n) is 7.85. The highest BCUT2D eigenvalue weighted by atomic mass is 19.4. The summed E-state index contributed by atoms with van der Waals surface area (Å²) in [6.07, 6.45) is -4.38. The summed E-state index contributed by atoms with van der Waals surface area (Å²) in [4.78, 5) is 11.8. The second-order valence-corrected chi connectivity index (χ2v) is 6.13. The van der Waals surface area contributed by atoms with Crippen molar-refractivity contribution >= 4 is 5.97 Å². The minimum Gasteiger partial charge on any atom is -0.461 e. The van der Waals surface area contributed by atoms with Crippen molar-refractivity contribution < 1.29 is 22.7 Å². The van der Waals surface area contributed by atoms with E-state index in [4.69, 9.17) is 4.74 Å². The maximum atomic E-state index is 12.8. The van der Waals surface area contributed by atoms with Crippen molar-refractivity contribution in [1.82, 2.24) is 5.32 Å². The van der Waals surface area contributed by atoms with E-state index >= 15 is 0 Å². The fourth-order valence-electron chi connectivity index (χ4n) is 2.35. The van der Waals surface area contributed by atoms with E-state index in [-0.39, 0.29) is 6.61 Å². The Morgan fingerprint density at radius 2 is 1.64 bits per heavy atom. The number of esters is 1. The third kappa shape index (κ3) is 5.32. The van der Waals surface area contributed by atoms with E-state index in [1.807, 2.05) is 0 Å². The van der Waals surface area contributed by atoms with Gasteiger partial charge in [-0.1, -0.05) is 30.3 Å². The van der Waals surface area contributed by atoms with Gasteiger partial charge in [-0.25, -0.2) is 4.79 Å². The summed E-state index contributed by atoms with van der Waals surface area (Å²) in [7, 11) is 0. The van der Waals surface area contributed by atoms with Crippen LogP contribution in [0.25, 0.3) is 0 Å². The van der Waals surface area contributed by atoms with Gasteiger partial charge in [0, 0.05) is 12.1 Å². The molecule has 3 nitrogen and oxygen atoms in total. The quantitative estimate of drug-likeness (QED) is 0.620. The molecule has 0 fully saturated rings. The molecular formula is C19H20F3NO2. The number of halogens is 3. The van der Waals surface area contributed by atoms with Crippen molar-refractivity contribution in [3.63, 3.8) is 0 Å². The second kappa shape index (κ2) is 7.70. The molecule has 0 aliphatic heterocycles. The van der Waals surface area contributed by atoms with E-state index in [0.29, 0.717) is 17.7 Å². The fourth-order valence-corrected chi connectivity index (χ4v) is 2.35. The maximum Gasteiger partial charge on any atom is 0.416 e. The van der Waals surface area contributed by atoms with Gasteiger partial charge in [0.2, 0.25) is 0 Å². The maximum absolute atomic E-state index is 12.8. The Balaban J connectivity index is 1.90. The number of nitrogens with one attached hydrogen (secondary N) is 1. The van der Waals surface area contributed by atoms with Gasteiger partial charge >= 0.3 is 12.1 Å². The molecule has 0 atom stereocenters. The van der Waals surface area contributed by atoms with Gasteiger partial charge in [-0.15, -0.1) is 0 Å². The van der Waals surface area contributed by atoms with Crippen LogP contribution in [0.5, 0.6) is 0 Å². The summed E-state index contributed by atoms with van der Waals surface area (Å²) < 4.78 is 43.7. The molecule has 0 aliphatic carbocycles. The van der Waals surface area contributed by atoms with Crippen molar-refractivity contribution in [2.75, 3.05) is 13.2 Å². The van der Waals surface area contributed by atoms with E-state index in [1.165, 1.54) is 6.07 Å². The van der Waals surface area contributed by atoms with Crippen molar-refractivity contribution in [3.05, 3.63) is 71.3 Å². The highest BCUT2D eigenvalue weighted by molar-refractivity contribution is 5.89. The first-order valence-corrected chi connectivity index (χ1v) is 7.85. The van der Waals surface area contributed by atoms with Gasteiger partial charge in [0.05, 0.1) is 11.1 Å². The molecule has 0 unspecified atom stereocenters. The van der Waals surface area contributed by atoms with E-state index in [2.05, 4.69) is 5.32 Å². The lowest BCUT2D eigenvalue weighted by molar-refractivity contribution is -0.137. The van der Waals surface area contributed by atoms with Gasteiger partial charge < -0.3 is 10.1 Å². The molecule has 0 aromatic heterocycles. The van der Waals surface area contributed by atoms with E-state index in [0.717, 1.165) is 12.1 Å². The molecule has 0 spiro atoms. The third-order valence-corrected chi connectivity index (χ3v) is 3.82. The topological polar surface area (TPSA) is 38.3 Å². The monoisotopic (exact) mass is 351 g/mol. The van der Waals surface area contributed by atoms with Crippen LogP contribution in [0.1, 0.15) is 35.3 Å². The lowest BCUT2D eigenvalue weighted by Crippen LogP contribution is -2.39. The van der Waals surface area contributed by atoms with Crippen LogP contribution in [0, 0.1) is 0 Å². The van der Waals surface area contributed by atoms with Crippen molar-refractivity contribution in [2.45, 2.75) is 25.6 Å². The Morgan fingerprint density at radius 3 is 2.28 bits per heavy atom. The Hall–Kier alpha value is -2.34. The lowest BCUT2D eigenvalue weighted by atomic mass is 9.92. The van der Waals surface area contributed by atoms with Gasteiger partial charge in [0.25, 0.3) is 0 Å². The van der Waals surface area contributed by atoms with Crippen LogP contribution in [-0.4, -0.2) is 19.1 Å². The van der Waals surface area contributed by atoms with Gasteiger partial charge in [-0.05, 0) is 43.7 Å². The second-order valence-electron chi connectivity index (χ2n) is 6.13. The molecule has 134 valence electrons. The highest BCUT2D eigenvalue weighted by Gasteiger charge is 2.32. The lowest BCUT2D eigenvalue weighted by Gasteiger charge is -2.27. The highest BCUT2D eigenvalue weighted by Crippen LogP contribution is 2.31. The first-order chi connectivity index (χ1) is 11.7.